The summed E-state index contributed by atoms with van der Waals surface area (Å²) < 4.78 is 0. The van der Waals surface area contributed by atoms with Crippen LogP contribution in [0.5, 0.6) is 0 Å². The van der Waals surface area contributed by atoms with Crippen molar-refractivity contribution in [3.05, 3.63) is 23.9 Å². The SMILES string of the molecule is CCCNC1=CCCC=C1.[HH]. The minimum absolute atomic E-state index is 0. The largest absolute Gasteiger partial charge is 0.385 e. The van der Waals surface area contributed by atoms with Crippen LogP contribution in [0.15, 0.2) is 23.9 Å². The predicted molar refractivity (Wildman–Crippen MR) is 46.9 cm³/mol. The fourth-order valence-corrected chi connectivity index (χ4v) is 1.01. The molecule has 58 valence electrons. The molecule has 0 spiro atoms. The number of allylic oxidation sites excluding steroid dienone is 3. The molecular weight excluding hydrogens is 122 g/mol. The maximum atomic E-state index is 3.35. The molecular formula is C9H17N. The summed E-state index contributed by atoms with van der Waals surface area (Å²) in [5.74, 6) is 0. The molecule has 0 aliphatic heterocycles. The van der Waals surface area contributed by atoms with Crippen LogP contribution in [-0.4, -0.2) is 6.54 Å². The standard InChI is InChI=1S/C9H15N.H2/c1-2-8-10-9-6-4-3-5-7-9;/h4,6-7,10H,2-3,5,8H2,1H3;1H. The summed E-state index contributed by atoms with van der Waals surface area (Å²) in [6, 6.07) is 0. The van der Waals surface area contributed by atoms with Gasteiger partial charge in [0.1, 0.15) is 0 Å². The van der Waals surface area contributed by atoms with E-state index in [-0.39, 0.29) is 1.43 Å². The van der Waals surface area contributed by atoms with Crippen molar-refractivity contribution in [2.75, 3.05) is 6.54 Å². The van der Waals surface area contributed by atoms with Gasteiger partial charge in [-0.2, -0.15) is 0 Å². The van der Waals surface area contributed by atoms with Crippen LogP contribution in [0.3, 0.4) is 0 Å². The Morgan fingerprint density at radius 1 is 1.60 bits per heavy atom. The van der Waals surface area contributed by atoms with Gasteiger partial charge in [-0.05, 0) is 25.3 Å². The molecule has 0 unspecified atom stereocenters. The Balaban J connectivity index is 0.000001000. The van der Waals surface area contributed by atoms with E-state index in [0.29, 0.717) is 0 Å². The maximum absolute atomic E-state index is 3.35. The average Bonchev–Trinajstić information content (AvgIpc) is 2.03. The van der Waals surface area contributed by atoms with E-state index < -0.39 is 0 Å². The van der Waals surface area contributed by atoms with E-state index in [1.165, 1.54) is 25.0 Å². The molecule has 1 heteroatoms. The van der Waals surface area contributed by atoms with Gasteiger partial charge in [-0.1, -0.05) is 19.1 Å². The molecule has 0 amide bonds. The molecule has 0 atom stereocenters. The first-order valence-electron chi connectivity index (χ1n) is 4.04. The lowest BCUT2D eigenvalue weighted by Crippen LogP contribution is -2.13. The van der Waals surface area contributed by atoms with Crippen LogP contribution in [0.4, 0.5) is 0 Å². The fraction of sp³-hybridized carbons (Fsp3) is 0.556. The molecule has 1 rings (SSSR count). The fourth-order valence-electron chi connectivity index (χ4n) is 1.01. The van der Waals surface area contributed by atoms with Gasteiger partial charge in [0, 0.05) is 13.7 Å². The molecule has 1 N–H and O–H groups in total. The Labute approximate surface area is 64.3 Å². The van der Waals surface area contributed by atoms with Gasteiger partial charge in [-0.25, -0.2) is 0 Å². The molecule has 10 heavy (non-hydrogen) atoms. The van der Waals surface area contributed by atoms with Crippen LogP contribution in [0, 0.1) is 0 Å². The molecule has 1 nitrogen and oxygen atoms in total. The second-order valence-corrected chi connectivity index (χ2v) is 2.57. The van der Waals surface area contributed by atoms with Crippen molar-refractivity contribution in [2.24, 2.45) is 0 Å². The first kappa shape index (κ1) is 7.39. The van der Waals surface area contributed by atoms with Crippen LogP contribution >= 0.6 is 0 Å². The zero-order chi connectivity index (χ0) is 7.23. The first-order chi connectivity index (χ1) is 4.93. The van der Waals surface area contributed by atoms with Crippen molar-refractivity contribution in [3.8, 4) is 0 Å². The predicted octanol–water partition coefficient (Wildman–Crippen LogP) is 2.47. The van der Waals surface area contributed by atoms with Gasteiger partial charge in [0.05, 0.1) is 0 Å². The summed E-state index contributed by atoms with van der Waals surface area (Å²) >= 11 is 0. The lowest BCUT2D eigenvalue weighted by molar-refractivity contribution is 0.772. The summed E-state index contributed by atoms with van der Waals surface area (Å²) in [6.07, 6.45) is 10.2. The van der Waals surface area contributed by atoms with Crippen LogP contribution in [-0.2, 0) is 0 Å². The maximum Gasteiger partial charge on any atom is 0.0296 e. The molecule has 0 aromatic carbocycles. The highest BCUT2D eigenvalue weighted by molar-refractivity contribution is 5.19. The Morgan fingerprint density at radius 3 is 3.10 bits per heavy atom. The zero-order valence-corrected chi connectivity index (χ0v) is 6.56. The zero-order valence-electron chi connectivity index (χ0n) is 6.56. The van der Waals surface area contributed by atoms with Crippen molar-refractivity contribution < 1.29 is 1.43 Å². The number of rotatable bonds is 3. The van der Waals surface area contributed by atoms with Gasteiger partial charge in [-0.15, -0.1) is 0 Å². The Morgan fingerprint density at radius 2 is 2.50 bits per heavy atom. The average molecular weight is 139 g/mol. The third-order valence-corrected chi connectivity index (χ3v) is 1.57. The normalized spacial score (nSPS) is 16.7. The third kappa shape index (κ3) is 2.26. The second kappa shape index (κ2) is 4.15. The van der Waals surface area contributed by atoms with Crippen molar-refractivity contribution in [3.63, 3.8) is 0 Å². The third-order valence-electron chi connectivity index (χ3n) is 1.57. The summed E-state index contributed by atoms with van der Waals surface area (Å²) in [5, 5.41) is 3.35. The molecule has 1 aliphatic carbocycles. The molecule has 1 aliphatic rings. The van der Waals surface area contributed by atoms with E-state index in [1.807, 2.05) is 0 Å². The molecule has 0 aromatic rings. The first-order valence-corrected chi connectivity index (χ1v) is 4.04. The molecule has 0 aromatic heterocycles. The molecule has 0 fully saturated rings. The van der Waals surface area contributed by atoms with Crippen molar-refractivity contribution >= 4 is 0 Å². The van der Waals surface area contributed by atoms with E-state index in [9.17, 15) is 0 Å². The van der Waals surface area contributed by atoms with Crippen LogP contribution in [0.25, 0.3) is 0 Å². The molecule has 0 saturated heterocycles. The van der Waals surface area contributed by atoms with Crippen LogP contribution in [0.1, 0.15) is 27.6 Å². The minimum Gasteiger partial charge on any atom is -0.385 e. The lowest BCUT2D eigenvalue weighted by atomic mass is 10.1. The summed E-state index contributed by atoms with van der Waals surface area (Å²) in [6.45, 7) is 3.27. The van der Waals surface area contributed by atoms with Crippen molar-refractivity contribution in [1.29, 1.82) is 0 Å². The highest BCUT2D eigenvalue weighted by Crippen LogP contribution is 2.05. The Kier molecular flexibility index (Phi) is 3.07. The van der Waals surface area contributed by atoms with E-state index in [4.69, 9.17) is 0 Å². The van der Waals surface area contributed by atoms with Crippen molar-refractivity contribution in [2.45, 2.75) is 26.2 Å². The number of hydrogen-bond donors (Lipinski definition) is 1. The number of nitrogens with one attached hydrogen (secondary N) is 1. The van der Waals surface area contributed by atoms with Crippen LogP contribution < -0.4 is 5.32 Å². The van der Waals surface area contributed by atoms with Gasteiger partial charge in [-0.3, -0.25) is 0 Å². The highest BCUT2D eigenvalue weighted by Gasteiger charge is 1.93. The molecule has 0 heterocycles. The second-order valence-electron chi connectivity index (χ2n) is 2.57. The topological polar surface area (TPSA) is 12.0 Å². The van der Waals surface area contributed by atoms with Gasteiger partial charge >= 0.3 is 0 Å². The summed E-state index contributed by atoms with van der Waals surface area (Å²) in [4.78, 5) is 0. The Bertz CT molecular complexity index is 150. The van der Waals surface area contributed by atoms with Crippen molar-refractivity contribution in [1.82, 2.24) is 5.32 Å². The smallest absolute Gasteiger partial charge is 0.0296 e. The van der Waals surface area contributed by atoms with E-state index >= 15 is 0 Å². The van der Waals surface area contributed by atoms with Crippen LogP contribution in [0.2, 0.25) is 0 Å². The molecule has 0 saturated carbocycles. The van der Waals surface area contributed by atoms with Gasteiger partial charge in [0.25, 0.3) is 0 Å². The van der Waals surface area contributed by atoms with E-state index in [0.717, 1.165) is 6.54 Å². The van der Waals surface area contributed by atoms with E-state index in [2.05, 4.69) is 30.5 Å². The highest BCUT2D eigenvalue weighted by atomic mass is 14.9. The van der Waals surface area contributed by atoms with E-state index in [1.54, 1.807) is 0 Å². The molecule has 0 radical (unpaired) electrons. The minimum atomic E-state index is 0. The number of hydrogen-bond acceptors (Lipinski definition) is 1. The summed E-state index contributed by atoms with van der Waals surface area (Å²) in [7, 11) is 0. The van der Waals surface area contributed by atoms with Gasteiger partial charge in [0.15, 0.2) is 0 Å². The summed E-state index contributed by atoms with van der Waals surface area (Å²) in [5.41, 5.74) is 1.30. The van der Waals surface area contributed by atoms with Gasteiger partial charge < -0.3 is 5.32 Å². The lowest BCUT2D eigenvalue weighted by Gasteiger charge is -2.08. The van der Waals surface area contributed by atoms with Gasteiger partial charge in [0.2, 0.25) is 0 Å². The molecule has 0 bridgehead atoms. The monoisotopic (exact) mass is 139 g/mol. The Hall–Kier alpha value is -0.720. The quantitative estimate of drug-likeness (QED) is 0.633.